The van der Waals surface area contributed by atoms with Gasteiger partial charge in [0, 0.05) is 29.1 Å². The van der Waals surface area contributed by atoms with Crippen molar-refractivity contribution in [1.29, 1.82) is 0 Å². The van der Waals surface area contributed by atoms with Crippen molar-refractivity contribution >= 4 is 46.3 Å². The van der Waals surface area contributed by atoms with Crippen LogP contribution in [0.25, 0.3) is 11.2 Å². The number of rotatable bonds is 6. The highest BCUT2D eigenvalue weighted by molar-refractivity contribution is 6.30. The molecule has 1 saturated heterocycles. The summed E-state index contributed by atoms with van der Waals surface area (Å²) in [5, 5.41) is 6.18. The highest BCUT2D eigenvalue weighted by Gasteiger charge is 2.38. The molecule has 3 heterocycles. The maximum atomic E-state index is 14.7. The highest BCUT2D eigenvalue weighted by Crippen LogP contribution is 2.43. The Morgan fingerprint density at radius 3 is 2.57 bits per heavy atom. The molecular weight excluding hydrogens is 504 g/mol. The lowest BCUT2D eigenvalue weighted by Crippen LogP contribution is -2.38. The Balaban J connectivity index is 1.54. The van der Waals surface area contributed by atoms with Crippen molar-refractivity contribution in [1.82, 2.24) is 19.5 Å². The molecule has 1 aromatic carbocycles. The minimum atomic E-state index is -0.838. The number of nitrogens with zero attached hydrogens (tertiary/aromatic N) is 4. The van der Waals surface area contributed by atoms with E-state index in [1.165, 1.54) is 0 Å². The van der Waals surface area contributed by atoms with Crippen molar-refractivity contribution in [3.8, 4) is 0 Å². The van der Waals surface area contributed by atoms with Gasteiger partial charge in [0.1, 0.15) is 11.2 Å². The molecule has 0 unspecified atom stereocenters. The summed E-state index contributed by atoms with van der Waals surface area (Å²) < 4.78 is 36.7. The zero-order valence-corrected chi connectivity index (χ0v) is 21.5. The van der Waals surface area contributed by atoms with E-state index < -0.39 is 17.0 Å². The first-order chi connectivity index (χ1) is 17.6. The van der Waals surface area contributed by atoms with Gasteiger partial charge in [0.2, 0.25) is 17.8 Å². The maximum absolute atomic E-state index is 14.7. The van der Waals surface area contributed by atoms with Crippen LogP contribution in [0.4, 0.5) is 26.4 Å². The molecule has 0 bridgehead atoms. The number of ether oxygens (including phenoxy) is 1. The lowest BCUT2D eigenvalue weighted by molar-refractivity contribution is -0.128. The van der Waals surface area contributed by atoms with E-state index in [-0.39, 0.29) is 40.6 Å². The molecule has 198 valence electrons. The minimum Gasteiger partial charge on any atom is -0.381 e. The van der Waals surface area contributed by atoms with Gasteiger partial charge in [-0.15, -0.1) is 0 Å². The second kappa shape index (κ2) is 10.0. The number of primary amides is 1. The van der Waals surface area contributed by atoms with Gasteiger partial charge in [0.05, 0.1) is 12.8 Å². The SMILES string of the molecule is C[C@@H]1COCC[C@H]1Nc1ncc2nc(Nc3c(F)cc(Cl)cc3F)n([C@H]3CC[C@](C)(C(N)=O)CC3)c2n1. The topological polar surface area (TPSA) is 120 Å². The fourth-order valence-corrected chi connectivity index (χ4v) is 5.36. The van der Waals surface area contributed by atoms with E-state index in [0.29, 0.717) is 56.0 Å². The molecule has 2 atom stereocenters. The van der Waals surface area contributed by atoms with Gasteiger partial charge in [-0.25, -0.2) is 18.7 Å². The number of nitrogens with one attached hydrogen (secondary N) is 2. The number of benzene rings is 1. The Bertz CT molecular complexity index is 1300. The molecule has 12 heteroatoms. The quantitative estimate of drug-likeness (QED) is 0.410. The molecule has 2 aliphatic rings. The number of nitrogens with two attached hydrogens (primary N) is 1. The predicted molar refractivity (Wildman–Crippen MR) is 137 cm³/mol. The normalized spacial score (nSPS) is 26.2. The van der Waals surface area contributed by atoms with Crippen molar-refractivity contribution in [2.45, 2.75) is 58.0 Å². The largest absolute Gasteiger partial charge is 0.381 e. The van der Waals surface area contributed by atoms with Gasteiger partial charge >= 0.3 is 0 Å². The summed E-state index contributed by atoms with van der Waals surface area (Å²) in [7, 11) is 0. The third kappa shape index (κ3) is 5.06. The van der Waals surface area contributed by atoms with Gasteiger partial charge in [-0.2, -0.15) is 4.98 Å². The van der Waals surface area contributed by atoms with Crippen molar-refractivity contribution < 1.29 is 18.3 Å². The summed E-state index contributed by atoms with van der Waals surface area (Å²) >= 11 is 5.80. The van der Waals surface area contributed by atoms with Gasteiger partial charge in [-0.3, -0.25) is 9.36 Å². The Hall–Kier alpha value is -3.05. The van der Waals surface area contributed by atoms with Crippen molar-refractivity contribution in [3.05, 3.63) is 35.0 Å². The smallest absolute Gasteiger partial charge is 0.224 e. The van der Waals surface area contributed by atoms with Crippen LogP contribution in [0.5, 0.6) is 0 Å². The van der Waals surface area contributed by atoms with Crippen molar-refractivity contribution in [3.63, 3.8) is 0 Å². The predicted octanol–water partition coefficient (Wildman–Crippen LogP) is 4.95. The van der Waals surface area contributed by atoms with Crippen LogP contribution in [0.2, 0.25) is 5.02 Å². The van der Waals surface area contributed by atoms with Crippen LogP contribution < -0.4 is 16.4 Å². The van der Waals surface area contributed by atoms with Crippen LogP contribution in [0, 0.1) is 23.0 Å². The van der Waals surface area contributed by atoms with E-state index >= 15 is 0 Å². The average Bonchev–Trinajstić information content (AvgIpc) is 3.20. The second-order valence-electron chi connectivity index (χ2n) is 10.3. The van der Waals surface area contributed by atoms with E-state index in [1.54, 1.807) is 6.20 Å². The number of fused-ring (bicyclic) bond motifs is 1. The molecule has 2 aromatic heterocycles. The molecule has 9 nitrogen and oxygen atoms in total. The number of aromatic nitrogens is 4. The fraction of sp³-hybridized carbons (Fsp3) is 0.520. The molecule has 1 aliphatic carbocycles. The summed E-state index contributed by atoms with van der Waals surface area (Å²) in [6, 6.07) is 2.11. The molecule has 0 spiro atoms. The van der Waals surface area contributed by atoms with Crippen molar-refractivity contribution in [2.75, 3.05) is 23.8 Å². The number of hydrogen-bond acceptors (Lipinski definition) is 7. The molecule has 1 aliphatic heterocycles. The van der Waals surface area contributed by atoms with E-state index in [9.17, 15) is 13.6 Å². The number of amides is 1. The van der Waals surface area contributed by atoms with E-state index in [2.05, 4.69) is 27.5 Å². The Kier molecular flexibility index (Phi) is 6.93. The number of halogens is 3. The summed E-state index contributed by atoms with van der Waals surface area (Å²) in [5.74, 6) is -1.04. The number of anilines is 3. The van der Waals surface area contributed by atoms with Gasteiger partial charge in [0.25, 0.3) is 0 Å². The first-order valence-electron chi connectivity index (χ1n) is 12.5. The molecular formula is C25H30ClF2N7O2. The molecule has 5 rings (SSSR count). The molecule has 37 heavy (non-hydrogen) atoms. The lowest BCUT2D eigenvalue weighted by Gasteiger charge is -2.35. The zero-order valence-electron chi connectivity index (χ0n) is 20.7. The van der Waals surface area contributed by atoms with Crippen LogP contribution in [0.3, 0.4) is 0 Å². The average molecular weight is 534 g/mol. The van der Waals surface area contributed by atoms with Crippen molar-refractivity contribution in [2.24, 2.45) is 17.1 Å². The highest BCUT2D eigenvalue weighted by atomic mass is 35.5. The van der Waals surface area contributed by atoms with E-state index in [1.807, 2.05) is 11.5 Å². The lowest BCUT2D eigenvalue weighted by atomic mass is 9.73. The molecule has 1 saturated carbocycles. The Labute approximate surface area is 218 Å². The van der Waals surface area contributed by atoms with E-state index in [4.69, 9.17) is 27.1 Å². The molecule has 0 radical (unpaired) electrons. The van der Waals surface area contributed by atoms with Gasteiger partial charge in [0.15, 0.2) is 17.3 Å². The second-order valence-corrected chi connectivity index (χ2v) is 10.8. The third-order valence-corrected chi connectivity index (χ3v) is 7.87. The summed E-state index contributed by atoms with van der Waals surface area (Å²) in [4.78, 5) is 25.8. The van der Waals surface area contributed by atoms with Crippen LogP contribution in [-0.2, 0) is 9.53 Å². The van der Waals surface area contributed by atoms with Gasteiger partial charge < -0.3 is 21.1 Å². The van der Waals surface area contributed by atoms with E-state index in [0.717, 1.165) is 18.6 Å². The van der Waals surface area contributed by atoms with Crippen LogP contribution in [0.15, 0.2) is 18.3 Å². The zero-order chi connectivity index (χ0) is 26.3. The monoisotopic (exact) mass is 533 g/mol. The molecule has 4 N–H and O–H groups in total. The number of hydrogen-bond donors (Lipinski definition) is 3. The Morgan fingerprint density at radius 1 is 1.22 bits per heavy atom. The van der Waals surface area contributed by atoms with Gasteiger partial charge in [-0.05, 0) is 50.2 Å². The summed E-state index contributed by atoms with van der Waals surface area (Å²) in [6.45, 7) is 5.29. The van der Waals surface area contributed by atoms with Crippen LogP contribution in [-0.4, -0.2) is 44.7 Å². The Morgan fingerprint density at radius 2 is 1.92 bits per heavy atom. The van der Waals surface area contributed by atoms with Crippen LogP contribution >= 0.6 is 11.6 Å². The molecule has 2 fully saturated rings. The third-order valence-electron chi connectivity index (χ3n) is 7.65. The summed E-state index contributed by atoms with van der Waals surface area (Å²) in [5.41, 5.74) is 5.70. The number of carbonyl (C=O) groups excluding carboxylic acids is 1. The standard InChI is InChI=1S/C25H30ClF2N7O2/c1-13-12-37-8-5-18(13)31-23-30-11-19-21(34-23)35(15-3-6-25(2,7-4-15)22(29)36)24(32-19)33-20-16(27)9-14(26)10-17(20)28/h9-11,13,15,18H,3-8,12H2,1-2H3,(H2,29,36)(H,32,33)(H,30,31,34)/t13-,15-,18-,25-/m1/s1. The minimum absolute atomic E-state index is 0.0454. The fourth-order valence-electron chi connectivity index (χ4n) is 5.17. The van der Waals surface area contributed by atoms with Crippen LogP contribution in [0.1, 0.15) is 52.0 Å². The molecule has 1 amide bonds. The van der Waals surface area contributed by atoms with Gasteiger partial charge in [-0.1, -0.05) is 25.4 Å². The molecule has 3 aromatic rings. The number of carbonyl (C=O) groups is 1. The first kappa shape index (κ1) is 25.6. The maximum Gasteiger partial charge on any atom is 0.224 e. The summed E-state index contributed by atoms with van der Waals surface area (Å²) in [6.07, 6.45) is 4.82. The number of imidazole rings is 1. The first-order valence-corrected chi connectivity index (χ1v) is 12.8.